The van der Waals surface area contributed by atoms with Gasteiger partial charge in [0.15, 0.2) is 6.61 Å². The second kappa shape index (κ2) is 8.72. The Kier molecular flexibility index (Phi) is 6.37. The Bertz CT molecular complexity index is 678. The molecule has 2 aromatic rings. The first kappa shape index (κ1) is 17.5. The predicted molar refractivity (Wildman–Crippen MR) is 90.7 cm³/mol. The van der Waals surface area contributed by atoms with Crippen molar-refractivity contribution in [2.75, 3.05) is 13.7 Å². The fourth-order valence-corrected chi connectivity index (χ4v) is 2.06. The van der Waals surface area contributed by atoms with Gasteiger partial charge >= 0.3 is 5.97 Å². The average molecular weight is 327 g/mol. The van der Waals surface area contributed by atoms with Crippen molar-refractivity contribution in [3.8, 4) is 5.75 Å². The number of ether oxygens (including phenoxy) is 2. The molecule has 0 aliphatic heterocycles. The zero-order valence-electron chi connectivity index (χ0n) is 13.9. The molecule has 0 aliphatic rings. The van der Waals surface area contributed by atoms with E-state index in [9.17, 15) is 9.59 Å². The Hall–Kier alpha value is -2.82. The van der Waals surface area contributed by atoms with Crippen molar-refractivity contribution in [3.05, 3.63) is 65.2 Å². The number of aryl methyl sites for hydroxylation is 1. The van der Waals surface area contributed by atoms with Crippen molar-refractivity contribution in [2.24, 2.45) is 0 Å². The summed E-state index contributed by atoms with van der Waals surface area (Å²) < 4.78 is 10.1. The van der Waals surface area contributed by atoms with Gasteiger partial charge in [0.1, 0.15) is 5.75 Å². The first-order chi connectivity index (χ1) is 11.6. The van der Waals surface area contributed by atoms with E-state index in [0.29, 0.717) is 6.54 Å². The molecule has 2 rings (SSSR count). The number of hydrogen-bond acceptors (Lipinski definition) is 4. The lowest BCUT2D eigenvalue weighted by Crippen LogP contribution is -2.28. The summed E-state index contributed by atoms with van der Waals surface area (Å²) in [5.74, 6) is 0.0108. The molecule has 0 bridgehead atoms. The van der Waals surface area contributed by atoms with E-state index in [2.05, 4.69) is 5.32 Å². The highest BCUT2D eigenvalue weighted by molar-refractivity contribution is 5.81. The van der Waals surface area contributed by atoms with E-state index in [0.717, 1.165) is 22.4 Å². The minimum Gasteiger partial charge on any atom is -0.497 e. The van der Waals surface area contributed by atoms with Gasteiger partial charge in [-0.05, 0) is 30.2 Å². The lowest BCUT2D eigenvalue weighted by molar-refractivity contribution is -0.147. The summed E-state index contributed by atoms with van der Waals surface area (Å²) in [6.07, 6.45) is 0.159. The highest BCUT2D eigenvalue weighted by atomic mass is 16.5. The summed E-state index contributed by atoms with van der Waals surface area (Å²) in [4.78, 5) is 23.5. The third-order valence-electron chi connectivity index (χ3n) is 3.48. The second-order valence-electron chi connectivity index (χ2n) is 5.45. The number of hydrogen-bond donors (Lipinski definition) is 1. The Morgan fingerprint density at radius 3 is 2.21 bits per heavy atom. The standard InChI is InChI=1S/C19H21NO4/c1-14-3-5-15(6-4-14)11-19(22)24-13-18(21)20-12-16-7-9-17(23-2)10-8-16/h3-10H,11-13H2,1-2H3,(H,20,21). The smallest absolute Gasteiger partial charge is 0.310 e. The number of esters is 1. The lowest BCUT2D eigenvalue weighted by atomic mass is 10.1. The molecule has 0 unspecified atom stereocenters. The van der Waals surface area contributed by atoms with Crippen LogP contribution in [0.3, 0.4) is 0 Å². The van der Waals surface area contributed by atoms with Crippen molar-refractivity contribution in [3.63, 3.8) is 0 Å². The van der Waals surface area contributed by atoms with Gasteiger partial charge in [0, 0.05) is 6.54 Å². The summed E-state index contributed by atoms with van der Waals surface area (Å²) in [6, 6.07) is 15.0. The van der Waals surface area contributed by atoms with E-state index in [-0.39, 0.29) is 18.9 Å². The normalized spacial score (nSPS) is 10.1. The Morgan fingerprint density at radius 1 is 0.958 bits per heavy atom. The minimum atomic E-state index is -0.418. The zero-order chi connectivity index (χ0) is 17.4. The van der Waals surface area contributed by atoms with E-state index in [1.807, 2.05) is 55.5 Å². The van der Waals surface area contributed by atoms with Crippen LogP contribution in [0.2, 0.25) is 0 Å². The number of amides is 1. The largest absolute Gasteiger partial charge is 0.497 e. The fourth-order valence-electron chi connectivity index (χ4n) is 2.06. The Balaban J connectivity index is 1.70. The van der Waals surface area contributed by atoms with Gasteiger partial charge in [0.25, 0.3) is 5.91 Å². The predicted octanol–water partition coefficient (Wildman–Crippen LogP) is 2.41. The van der Waals surface area contributed by atoms with Gasteiger partial charge in [-0.2, -0.15) is 0 Å². The van der Waals surface area contributed by atoms with Crippen LogP contribution in [0.5, 0.6) is 5.75 Å². The molecule has 1 N–H and O–H groups in total. The van der Waals surface area contributed by atoms with Crippen LogP contribution in [-0.2, 0) is 27.3 Å². The van der Waals surface area contributed by atoms with Crippen LogP contribution in [0.1, 0.15) is 16.7 Å². The van der Waals surface area contributed by atoms with Crippen molar-refractivity contribution >= 4 is 11.9 Å². The van der Waals surface area contributed by atoms with Crippen LogP contribution in [0.4, 0.5) is 0 Å². The molecule has 2 aromatic carbocycles. The monoisotopic (exact) mass is 327 g/mol. The Morgan fingerprint density at radius 2 is 1.58 bits per heavy atom. The van der Waals surface area contributed by atoms with E-state index in [1.165, 1.54) is 0 Å². The van der Waals surface area contributed by atoms with Crippen LogP contribution in [0, 0.1) is 6.92 Å². The van der Waals surface area contributed by atoms with Crippen molar-refractivity contribution in [2.45, 2.75) is 19.9 Å². The van der Waals surface area contributed by atoms with Gasteiger partial charge in [-0.25, -0.2) is 0 Å². The van der Waals surface area contributed by atoms with Crippen LogP contribution in [-0.4, -0.2) is 25.6 Å². The number of nitrogens with one attached hydrogen (secondary N) is 1. The van der Waals surface area contributed by atoms with Gasteiger partial charge in [-0.15, -0.1) is 0 Å². The maximum atomic E-state index is 11.7. The number of benzene rings is 2. The van der Waals surface area contributed by atoms with Crippen molar-refractivity contribution < 1.29 is 19.1 Å². The van der Waals surface area contributed by atoms with E-state index in [1.54, 1.807) is 7.11 Å². The van der Waals surface area contributed by atoms with E-state index in [4.69, 9.17) is 9.47 Å². The molecular weight excluding hydrogens is 306 g/mol. The van der Waals surface area contributed by atoms with Crippen LogP contribution >= 0.6 is 0 Å². The van der Waals surface area contributed by atoms with Gasteiger partial charge in [0.2, 0.25) is 0 Å². The molecule has 126 valence electrons. The highest BCUT2D eigenvalue weighted by Crippen LogP contribution is 2.10. The summed E-state index contributed by atoms with van der Waals surface area (Å²) >= 11 is 0. The van der Waals surface area contributed by atoms with Crippen molar-refractivity contribution in [1.82, 2.24) is 5.32 Å². The van der Waals surface area contributed by atoms with Crippen LogP contribution in [0.25, 0.3) is 0 Å². The number of carbonyl (C=O) groups excluding carboxylic acids is 2. The van der Waals surface area contributed by atoms with Crippen LogP contribution < -0.4 is 10.1 Å². The quantitative estimate of drug-likeness (QED) is 0.793. The third-order valence-corrected chi connectivity index (χ3v) is 3.48. The number of methoxy groups -OCH3 is 1. The van der Waals surface area contributed by atoms with Gasteiger partial charge in [0.05, 0.1) is 13.5 Å². The third kappa shape index (κ3) is 5.76. The summed E-state index contributed by atoms with van der Waals surface area (Å²) in [5, 5.41) is 2.71. The fraction of sp³-hybridized carbons (Fsp3) is 0.263. The zero-order valence-corrected chi connectivity index (χ0v) is 13.9. The molecule has 0 heterocycles. The average Bonchev–Trinajstić information content (AvgIpc) is 2.60. The lowest BCUT2D eigenvalue weighted by Gasteiger charge is -2.07. The summed E-state index contributed by atoms with van der Waals surface area (Å²) in [5.41, 5.74) is 2.93. The molecule has 0 atom stereocenters. The van der Waals surface area contributed by atoms with Crippen LogP contribution in [0.15, 0.2) is 48.5 Å². The molecule has 5 nitrogen and oxygen atoms in total. The molecule has 0 radical (unpaired) electrons. The molecule has 1 amide bonds. The second-order valence-corrected chi connectivity index (χ2v) is 5.45. The number of rotatable bonds is 7. The molecule has 5 heteroatoms. The molecule has 0 aliphatic carbocycles. The molecule has 0 saturated carbocycles. The van der Waals surface area contributed by atoms with Gasteiger partial charge < -0.3 is 14.8 Å². The minimum absolute atomic E-state index is 0.159. The topological polar surface area (TPSA) is 64.6 Å². The molecule has 24 heavy (non-hydrogen) atoms. The van der Waals surface area contributed by atoms with Gasteiger partial charge in [-0.3, -0.25) is 9.59 Å². The first-order valence-electron chi connectivity index (χ1n) is 7.67. The SMILES string of the molecule is COc1ccc(CNC(=O)COC(=O)Cc2ccc(C)cc2)cc1. The van der Waals surface area contributed by atoms with Gasteiger partial charge in [-0.1, -0.05) is 42.0 Å². The number of carbonyl (C=O) groups is 2. The maximum Gasteiger partial charge on any atom is 0.310 e. The molecule has 0 saturated heterocycles. The van der Waals surface area contributed by atoms with E-state index >= 15 is 0 Å². The van der Waals surface area contributed by atoms with E-state index < -0.39 is 5.97 Å². The summed E-state index contributed by atoms with van der Waals surface area (Å²) in [6.45, 7) is 2.08. The highest BCUT2D eigenvalue weighted by Gasteiger charge is 2.08. The summed E-state index contributed by atoms with van der Waals surface area (Å²) in [7, 11) is 1.60. The molecule has 0 spiro atoms. The first-order valence-corrected chi connectivity index (χ1v) is 7.67. The van der Waals surface area contributed by atoms with Crippen molar-refractivity contribution in [1.29, 1.82) is 0 Å². The molecule has 0 aromatic heterocycles. The molecule has 0 fully saturated rings. The molecular formula is C19H21NO4. The maximum absolute atomic E-state index is 11.7. The Labute approximate surface area is 141 Å².